The largest absolute Gasteiger partial charge is 0.333 e. The summed E-state index contributed by atoms with van der Waals surface area (Å²) < 4.78 is 3.42. The highest BCUT2D eigenvalue weighted by Crippen LogP contribution is 2.22. The van der Waals surface area contributed by atoms with Gasteiger partial charge in [-0.1, -0.05) is 29.5 Å². The predicted octanol–water partition coefficient (Wildman–Crippen LogP) is 1.51. The van der Waals surface area contributed by atoms with Gasteiger partial charge in [0.05, 0.1) is 31.3 Å². The minimum atomic E-state index is -0.102. The molecule has 9 heteroatoms. The molecule has 2 aromatic heterocycles. The Bertz CT molecular complexity index is 1120. The lowest BCUT2D eigenvalue weighted by molar-refractivity contribution is 0.0707. The second-order valence-electron chi connectivity index (χ2n) is 8.26. The summed E-state index contributed by atoms with van der Waals surface area (Å²) in [5.41, 5.74) is 3.41. The maximum atomic E-state index is 13.0. The first kappa shape index (κ1) is 19.5. The first-order chi connectivity index (χ1) is 15.1. The molecule has 31 heavy (non-hydrogen) atoms. The number of carbonyl (C=O) groups is 2. The van der Waals surface area contributed by atoms with E-state index in [0.717, 1.165) is 19.3 Å². The van der Waals surface area contributed by atoms with Crippen LogP contribution in [0.3, 0.4) is 0 Å². The minimum absolute atomic E-state index is 0.0221. The van der Waals surface area contributed by atoms with Gasteiger partial charge in [0.25, 0.3) is 11.8 Å². The van der Waals surface area contributed by atoms with Crippen molar-refractivity contribution in [1.29, 1.82) is 0 Å². The van der Waals surface area contributed by atoms with Crippen LogP contribution in [0.1, 0.15) is 44.9 Å². The van der Waals surface area contributed by atoms with Crippen LogP contribution in [-0.4, -0.2) is 65.3 Å². The van der Waals surface area contributed by atoms with Crippen LogP contribution in [0.25, 0.3) is 0 Å². The smallest absolute Gasteiger partial charge is 0.276 e. The van der Waals surface area contributed by atoms with E-state index >= 15 is 0 Å². The number of likely N-dealkylation sites (tertiary alicyclic amines) is 1. The van der Waals surface area contributed by atoms with E-state index in [4.69, 9.17) is 0 Å². The monoisotopic (exact) mass is 419 g/mol. The summed E-state index contributed by atoms with van der Waals surface area (Å²) in [5, 5.41) is 8.31. The van der Waals surface area contributed by atoms with Crippen LogP contribution in [0.4, 0.5) is 0 Å². The molecule has 0 N–H and O–H groups in total. The molecule has 1 aromatic carbocycles. The van der Waals surface area contributed by atoms with Gasteiger partial charge in [0.15, 0.2) is 5.69 Å². The van der Waals surface area contributed by atoms with Crippen molar-refractivity contribution in [2.45, 2.75) is 38.4 Å². The topological polar surface area (TPSA) is 89.2 Å². The van der Waals surface area contributed by atoms with E-state index in [2.05, 4.69) is 27.4 Å². The number of rotatable bonds is 4. The summed E-state index contributed by atoms with van der Waals surface area (Å²) in [5.74, 6) is -0.124. The summed E-state index contributed by atoms with van der Waals surface area (Å²) in [6.07, 6.45) is 7.63. The molecule has 0 bridgehead atoms. The summed E-state index contributed by atoms with van der Waals surface area (Å²) in [6.45, 7) is 2.50. The van der Waals surface area contributed by atoms with Crippen LogP contribution < -0.4 is 0 Å². The summed E-state index contributed by atoms with van der Waals surface area (Å²) in [4.78, 5) is 33.6. The quantitative estimate of drug-likeness (QED) is 0.640. The Morgan fingerprint density at radius 3 is 2.77 bits per heavy atom. The van der Waals surface area contributed by atoms with Crippen LogP contribution in [0.2, 0.25) is 0 Å². The molecule has 1 fully saturated rings. The lowest BCUT2D eigenvalue weighted by Gasteiger charge is -2.28. The maximum absolute atomic E-state index is 13.0. The third kappa shape index (κ3) is 3.71. The molecular weight excluding hydrogens is 394 g/mol. The molecule has 4 heterocycles. The molecule has 5 rings (SSSR count). The highest BCUT2D eigenvalue weighted by Gasteiger charge is 2.31. The number of benzene rings is 1. The molecule has 2 aliphatic heterocycles. The third-order valence-electron chi connectivity index (χ3n) is 6.25. The van der Waals surface area contributed by atoms with Gasteiger partial charge in [0.2, 0.25) is 0 Å². The van der Waals surface area contributed by atoms with Gasteiger partial charge in [0.1, 0.15) is 5.69 Å². The molecule has 0 aliphatic carbocycles. The molecule has 9 nitrogen and oxygen atoms in total. The average molecular weight is 419 g/mol. The van der Waals surface area contributed by atoms with Crippen molar-refractivity contribution in [2.75, 3.05) is 13.1 Å². The Morgan fingerprint density at radius 1 is 1.13 bits per heavy atom. The van der Waals surface area contributed by atoms with E-state index < -0.39 is 0 Å². The summed E-state index contributed by atoms with van der Waals surface area (Å²) in [7, 11) is 1.82. The fraction of sp³-hybridized carbons (Fsp3) is 0.409. The third-order valence-corrected chi connectivity index (χ3v) is 6.25. The van der Waals surface area contributed by atoms with E-state index in [1.54, 1.807) is 28.0 Å². The summed E-state index contributed by atoms with van der Waals surface area (Å²) in [6, 6.07) is 8.25. The number of aromatic nitrogens is 5. The van der Waals surface area contributed by atoms with Crippen molar-refractivity contribution in [3.63, 3.8) is 0 Å². The second-order valence-corrected chi connectivity index (χ2v) is 8.26. The van der Waals surface area contributed by atoms with Crippen molar-refractivity contribution < 1.29 is 9.59 Å². The molecular formula is C22H25N7O2. The van der Waals surface area contributed by atoms with Gasteiger partial charge in [-0.3, -0.25) is 9.59 Å². The molecule has 1 atom stereocenters. The van der Waals surface area contributed by atoms with Gasteiger partial charge in [-0.05, 0) is 30.4 Å². The molecule has 0 spiro atoms. The Morgan fingerprint density at radius 2 is 1.97 bits per heavy atom. The Hall–Kier alpha value is -3.49. The number of amides is 2. The molecule has 0 radical (unpaired) electrons. The standard InChI is InChI=1S/C22H25N7O2/c1-26-15-23-11-20(26)22(31)29-9-4-7-18(29)13-28-14-19(24-25-28)21(30)27-10-8-16-5-2-3-6-17(16)12-27/h2-3,5-6,11,14-15,18H,4,7-10,12-13H2,1H3. The first-order valence-corrected chi connectivity index (χ1v) is 10.6. The molecule has 160 valence electrons. The van der Waals surface area contributed by atoms with E-state index in [-0.39, 0.29) is 17.9 Å². The van der Waals surface area contributed by atoms with Crippen molar-refractivity contribution in [1.82, 2.24) is 34.3 Å². The van der Waals surface area contributed by atoms with Gasteiger partial charge in [-0.25, -0.2) is 9.67 Å². The van der Waals surface area contributed by atoms with Crippen LogP contribution in [0, 0.1) is 0 Å². The molecule has 0 saturated carbocycles. The molecule has 2 aliphatic rings. The highest BCUT2D eigenvalue weighted by molar-refractivity contribution is 5.93. The van der Waals surface area contributed by atoms with Crippen LogP contribution in [0.5, 0.6) is 0 Å². The SMILES string of the molecule is Cn1cncc1C(=O)N1CCCC1Cn1cc(C(=O)N2CCc3ccccc3C2)nn1. The highest BCUT2D eigenvalue weighted by atomic mass is 16.2. The van der Waals surface area contributed by atoms with E-state index in [9.17, 15) is 9.59 Å². The number of fused-ring (bicyclic) bond motifs is 1. The van der Waals surface area contributed by atoms with Gasteiger partial charge in [-0.2, -0.15) is 0 Å². The zero-order valence-corrected chi connectivity index (χ0v) is 17.5. The average Bonchev–Trinajstić information content (AvgIpc) is 3.54. The van der Waals surface area contributed by atoms with Gasteiger partial charge in [-0.15, -0.1) is 5.10 Å². The first-order valence-electron chi connectivity index (χ1n) is 10.6. The Labute approximate surface area is 180 Å². The normalized spacial score (nSPS) is 18.3. The number of nitrogens with zero attached hydrogens (tertiary/aromatic N) is 7. The van der Waals surface area contributed by atoms with Crippen LogP contribution in [-0.2, 0) is 26.6 Å². The predicted molar refractivity (Wildman–Crippen MR) is 112 cm³/mol. The lowest BCUT2D eigenvalue weighted by Crippen LogP contribution is -2.39. The van der Waals surface area contributed by atoms with Crippen LogP contribution in [0.15, 0.2) is 43.0 Å². The molecule has 2 amide bonds. The Kier molecular flexibility index (Phi) is 5.01. The fourth-order valence-electron chi connectivity index (χ4n) is 4.54. The second kappa shape index (κ2) is 7.98. The number of aryl methyl sites for hydroxylation is 1. The molecule has 1 unspecified atom stereocenters. The number of hydrogen-bond acceptors (Lipinski definition) is 5. The van der Waals surface area contributed by atoms with E-state index in [0.29, 0.717) is 37.6 Å². The fourth-order valence-corrected chi connectivity index (χ4v) is 4.54. The van der Waals surface area contributed by atoms with Crippen LogP contribution >= 0.6 is 0 Å². The number of carbonyl (C=O) groups excluding carboxylic acids is 2. The summed E-state index contributed by atoms with van der Waals surface area (Å²) >= 11 is 0. The van der Waals surface area contributed by atoms with Crippen molar-refractivity contribution in [2.24, 2.45) is 7.05 Å². The number of imidazole rings is 1. The zero-order chi connectivity index (χ0) is 21.4. The number of hydrogen-bond donors (Lipinski definition) is 0. The van der Waals surface area contributed by atoms with Gasteiger partial charge in [0, 0.05) is 26.7 Å². The molecule has 1 saturated heterocycles. The van der Waals surface area contributed by atoms with Gasteiger partial charge >= 0.3 is 0 Å². The van der Waals surface area contributed by atoms with E-state index in [1.165, 1.54) is 11.1 Å². The lowest BCUT2D eigenvalue weighted by atomic mass is 10.00. The van der Waals surface area contributed by atoms with Crippen molar-refractivity contribution in [3.8, 4) is 0 Å². The Balaban J connectivity index is 1.26. The van der Waals surface area contributed by atoms with Crippen molar-refractivity contribution in [3.05, 3.63) is 65.5 Å². The maximum Gasteiger partial charge on any atom is 0.276 e. The van der Waals surface area contributed by atoms with E-state index in [1.807, 2.05) is 29.0 Å². The minimum Gasteiger partial charge on any atom is -0.333 e. The van der Waals surface area contributed by atoms with Gasteiger partial charge < -0.3 is 14.4 Å². The molecule has 3 aromatic rings. The van der Waals surface area contributed by atoms with Crippen molar-refractivity contribution >= 4 is 11.8 Å². The zero-order valence-electron chi connectivity index (χ0n) is 17.5.